The summed E-state index contributed by atoms with van der Waals surface area (Å²) < 4.78 is 7.08. The third-order valence-electron chi connectivity index (χ3n) is 5.64. The molecule has 0 bridgehead atoms. The Balaban J connectivity index is 1.71. The molecule has 5 heteroatoms. The Kier molecular flexibility index (Phi) is 4.64. The Morgan fingerprint density at radius 2 is 1.90 bits per heavy atom. The Morgan fingerprint density at radius 3 is 2.69 bits per heavy atom. The van der Waals surface area contributed by atoms with E-state index in [0.717, 1.165) is 64.1 Å². The zero-order valence-corrected chi connectivity index (χ0v) is 18.3. The molecule has 2 aliphatic rings. The van der Waals surface area contributed by atoms with Crippen molar-refractivity contribution in [1.82, 2.24) is 0 Å². The largest absolute Gasteiger partial charge is 0.461 e. The molecule has 0 spiro atoms. The van der Waals surface area contributed by atoms with E-state index in [1.807, 2.05) is 12.1 Å². The average molecular weight is 469 g/mol. The minimum Gasteiger partial charge on any atom is -0.461 e. The molecule has 1 aliphatic carbocycles. The number of rotatable bonds is 2. The lowest BCUT2D eigenvalue weighted by Gasteiger charge is -2.11. The molecule has 1 aliphatic heterocycles. The lowest BCUT2D eigenvalue weighted by molar-refractivity contribution is -0.110. The normalized spacial score (nSPS) is 16.7. The molecule has 0 radical (unpaired) electrons. The molecule has 0 saturated heterocycles. The Labute approximate surface area is 182 Å². The lowest BCUT2D eigenvalue weighted by atomic mass is 9.90. The van der Waals surface area contributed by atoms with Gasteiger partial charge >= 0.3 is 0 Å². The maximum atomic E-state index is 12.7. The number of furan rings is 1. The summed E-state index contributed by atoms with van der Waals surface area (Å²) in [7, 11) is 0. The fraction of sp³-hybridized carbons (Fsp3) is 0.208. The molecule has 1 aromatic heterocycles. The fourth-order valence-corrected chi connectivity index (χ4v) is 5.13. The Hall–Kier alpha value is -2.30. The van der Waals surface area contributed by atoms with E-state index in [1.54, 1.807) is 6.07 Å². The van der Waals surface area contributed by atoms with Gasteiger partial charge in [-0.3, -0.25) is 4.79 Å². The second-order valence-corrected chi connectivity index (χ2v) is 8.93. The van der Waals surface area contributed by atoms with Crippen molar-refractivity contribution in [2.75, 3.05) is 5.32 Å². The fourth-order valence-electron chi connectivity index (χ4n) is 4.22. The van der Waals surface area contributed by atoms with E-state index in [-0.39, 0.29) is 5.91 Å². The number of fused-ring (bicyclic) bond motifs is 2. The number of carbonyl (C=O) groups is 1. The van der Waals surface area contributed by atoms with E-state index in [0.29, 0.717) is 10.6 Å². The molecule has 1 amide bonds. The molecular formula is C24H19BrClNO2. The van der Waals surface area contributed by atoms with Crippen molar-refractivity contribution < 1.29 is 9.21 Å². The molecule has 1 N–H and O–H groups in total. The topological polar surface area (TPSA) is 42.2 Å². The number of hydrogen-bond donors (Lipinski definition) is 1. The second-order valence-electron chi connectivity index (χ2n) is 7.64. The molecule has 146 valence electrons. The lowest BCUT2D eigenvalue weighted by Crippen LogP contribution is -2.03. The third-order valence-corrected chi connectivity index (χ3v) is 6.49. The van der Waals surface area contributed by atoms with Gasteiger partial charge in [-0.1, -0.05) is 41.4 Å². The number of benzene rings is 2. The highest BCUT2D eigenvalue weighted by atomic mass is 79.9. The molecular weight excluding hydrogens is 450 g/mol. The number of carbonyl (C=O) groups excluding carboxylic acids is 1. The number of anilines is 1. The molecule has 0 atom stereocenters. The zero-order chi connectivity index (χ0) is 20.1. The van der Waals surface area contributed by atoms with Crippen LogP contribution in [-0.2, 0) is 17.6 Å². The quantitative estimate of drug-likeness (QED) is 0.410. The minimum absolute atomic E-state index is 0.146. The molecule has 0 fully saturated rings. The van der Waals surface area contributed by atoms with Crippen LogP contribution in [0.3, 0.4) is 0 Å². The van der Waals surface area contributed by atoms with E-state index in [2.05, 4.69) is 52.4 Å². The summed E-state index contributed by atoms with van der Waals surface area (Å²) in [5.74, 6) is 1.65. The van der Waals surface area contributed by atoms with Gasteiger partial charge in [0, 0.05) is 32.6 Å². The number of hydrogen-bond acceptors (Lipinski definition) is 2. The minimum atomic E-state index is -0.146. The van der Waals surface area contributed by atoms with Crippen LogP contribution < -0.4 is 5.32 Å². The first-order valence-corrected chi connectivity index (χ1v) is 10.9. The summed E-state index contributed by atoms with van der Waals surface area (Å²) >= 11 is 9.74. The zero-order valence-electron chi connectivity index (χ0n) is 15.9. The van der Waals surface area contributed by atoms with E-state index in [1.165, 1.54) is 11.1 Å². The molecule has 5 rings (SSSR count). The van der Waals surface area contributed by atoms with E-state index in [4.69, 9.17) is 16.0 Å². The molecule has 2 heterocycles. The predicted molar refractivity (Wildman–Crippen MR) is 121 cm³/mol. The number of halogens is 2. The standard InChI is InChI=1S/C24H19BrClNO2/c1-13-6-8-14(9-7-13)22-16-4-2-3-5-20(16)29-21(22)12-18-17-10-15(26)11-19(25)23(17)27-24(18)28/h6-12H,2-5H2,1H3,(H,27,28). The van der Waals surface area contributed by atoms with Crippen LogP contribution in [0.25, 0.3) is 22.8 Å². The Bertz CT molecular complexity index is 1170. The summed E-state index contributed by atoms with van der Waals surface area (Å²) in [6.45, 7) is 2.08. The van der Waals surface area contributed by atoms with E-state index in [9.17, 15) is 4.79 Å². The van der Waals surface area contributed by atoms with Gasteiger partial charge in [-0.15, -0.1) is 0 Å². The first kappa shape index (κ1) is 18.7. The van der Waals surface area contributed by atoms with Crippen molar-refractivity contribution in [3.8, 4) is 11.1 Å². The van der Waals surface area contributed by atoms with Gasteiger partial charge in [0.25, 0.3) is 5.91 Å². The van der Waals surface area contributed by atoms with Crippen LogP contribution >= 0.6 is 27.5 Å². The van der Waals surface area contributed by atoms with Gasteiger partial charge in [0.15, 0.2) is 0 Å². The first-order chi connectivity index (χ1) is 14.0. The SMILES string of the molecule is Cc1ccc(-c2c(C=C3C(=O)Nc4c(Br)cc(Cl)cc43)oc3c2CCCC3)cc1. The van der Waals surface area contributed by atoms with Crippen molar-refractivity contribution in [3.05, 3.63) is 74.1 Å². The molecule has 29 heavy (non-hydrogen) atoms. The third kappa shape index (κ3) is 3.24. The van der Waals surface area contributed by atoms with Crippen molar-refractivity contribution in [1.29, 1.82) is 0 Å². The highest BCUT2D eigenvalue weighted by molar-refractivity contribution is 9.10. The molecule has 0 unspecified atom stereocenters. The van der Waals surface area contributed by atoms with Crippen LogP contribution in [0.2, 0.25) is 5.02 Å². The summed E-state index contributed by atoms with van der Waals surface area (Å²) in [6, 6.07) is 12.1. The van der Waals surface area contributed by atoms with Crippen molar-refractivity contribution in [2.45, 2.75) is 32.6 Å². The van der Waals surface area contributed by atoms with Crippen molar-refractivity contribution in [3.63, 3.8) is 0 Å². The van der Waals surface area contributed by atoms with Crippen LogP contribution in [0.5, 0.6) is 0 Å². The smallest absolute Gasteiger partial charge is 0.256 e. The van der Waals surface area contributed by atoms with Crippen LogP contribution in [0.15, 0.2) is 45.3 Å². The van der Waals surface area contributed by atoms with Crippen molar-refractivity contribution >= 4 is 50.8 Å². The predicted octanol–water partition coefficient (Wildman–Crippen LogP) is 7.04. The monoisotopic (exact) mass is 467 g/mol. The molecule has 3 aromatic rings. The molecule has 2 aromatic carbocycles. The highest BCUT2D eigenvalue weighted by Gasteiger charge is 2.29. The number of aryl methyl sites for hydroxylation is 2. The van der Waals surface area contributed by atoms with Gasteiger partial charge in [-0.05, 0) is 65.9 Å². The summed E-state index contributed by atoms with van der Waals surface area (Å²) in [6.07, 6.45) is 6.11. The number of amides is 1. The summed E-state index contributed by atoms with van der Waals surface area (Å²) in [5.41, 5.74) is 6.84. The first-order valence-electron chi connectivity index (χ1n) is 9.75. The van der Waals surface area contributed by atoms with Gasteiger partial charge in [0.2, 0.25) is 0 Å². The van der Waals surface area contributed by atoms with Gasteiger partial charge in [-0.2, -0.15) is 0 Å². The van der Waals surface area contributed by atoms with Crippen molar-refractivity contribution in [2.24, 2.45) is 0 Å². The maximum absolute atomic E-state index is 12.7. The van der Waals surface area contributed by atoms with Crippen LogP contribution in [0.1, 0.15) is 41.1 Å². The Morgan fingerprint density at radius 1 is 1.14 bits per heavy atom. The molecule has 0 saturated carbocycles. The van der Waals surface area contributed by atoms with Gasteiger partial charge in [-0.25, -0.2) is 0 Å². The summed E-state index contributed by atoms with van der Waals surface area (Å²) in [4.78, 5) is 12.7. The van der Waals surface area contributed by atoms with Crippen LogP contribution in [0.4, 0.5) is 5.69 Å². The maximum Gasteiger partial charge on any atom is 0.256 e. The van der Waals surface area contributed by atoms with Gasteiger partial charge in [0.1, 0.15) is 11.5 Å². The van der Waals surface area contributed by atoms with Crippen LogP contribution in [-0.4, -0.2) is 5.91 Å². The van der Waals surface area contributed by atoms with Crippen LogP contribution in [0, 0.1) is 6.92 Å². The van der Waals surface area contributed by atoms with Gasteiger partial charge < -0.3 is 9.73 Å². The van der Waals surface area contributed by atoms with Gasteiger partial charge in [0.05, 0.1) is 11.3 Å². The molecule has 3 nitrogen and oxygen atoms in total. The summed E-state index contributed by atoms with van der Waals surface area (Å²) in [5, 5.41) is 3.52. The van der Waals surface area contributed by atoms with E-state index >= 15 is 0 Å². The highest BCUT2D eigenvalue weighted by Crippen LogP contribution is 2.43. The average Bonchev–Trinajstić information content (AvgIpc) is 3.21. The van der Waals surface area contributed by atoms with E-state index < -0.39 is 0 Å². The number of nitrogens with one attached hydrogen (secondary N) is 1. The second kappa shape index (κ2) is 7.19.